The van der Waals surface area contributed by atoms with Crippen molar-refractivity contribution in [3.05, 3.63) is 68.4 Å². The molecule has 0 saturated carbocycles. The van der Waals surface area contributed by atoms with E-state index >= 15 is 0 Å². The summed E-state index contributed by atoms with van der Waals surface area (Å²) in [5.41, 5.74) is 2.60. The van der Waals surface area contributed by atoms with E-state index in [1.165, 1.54) is 0 Å². The van der Waals surface area contributed by atoms with Gasteiger partial charge in [0.2, 0.25) is 17.6 Å². The van der Waals surface area contributed by atoms with E-state index in [0.29, 0.717) is 24.1 Å². The summed E-state index contributed by atoms with van der Waals surface area (Å²) in [4.78, 5) is 29.3. The fraction of sp³-hybridized carbons (Fsp3) is 0.333. The normalized spacial score (nSPS) is 13.8. The molecule has 0 atom stereocenters. The smallest absolute Gasteiger partial charge is 0.263 e. The molecule has 0 unspecified atom stereocenters. The highest BCUT2D eigenvalue weighted by Crippen LogP contribution is 2.25. The maximum absolute atomic E-state index is 13.5. The van der Waals surface area contributed by atoms with Crippen LogP contribution in [-0.4, -0.2) is 57.2 Å². The van der Waals surface area contributed by atoms with Crippen molar-refractivity contribution < 1.29 is 4.79 Å². The van der Waals surface area contributed by atoms with Crippen LogP contribution < -0.4 is 10.5 Å². The first-order chi connectivity index (χ1) is 15.9. The summed E-state index contributed by atoms with van der Waals surface area (Å²) in [6.07, 6.45) is 2.60. The summed E-state index contributed by atoms with van der Waals surface area (Å²) >= 11 is 3.51. The van der Waals surface area contributed by atoms with Gasteiger partial charge in [0, 0.05) is 31.7 Å². The van der Waals surface area contributed by atoms with Gasteiger partial charge in [-0.1, -0.05) is 40.2 Å². The maximum atomic E-state index is 13.5. The molecule has 170 valence electrons. The van der Waals surface area contributed by atoms with Crippen LogP contribution in [0.25, 0.3) is 16.7 Å². The number of carbonyl (C=O) groups is 1. The van der Waals surface area contributed by atoms with Gasteiger partial charge in [0.15, 0.2) is 0 Å². The number of rotatable bonds is 5. The van der Waals surface area contributed by atoms with E-state index in [1.54, 1.807) is 23.6 Å². The second-order valence-corrected chi connectivity index (χ2v) is 9.58. The number of hydrogen-bond donors (Lipinski definition) is 0. The minimum absolute atomic E-state index is 0.0543. The summed E-state index contributed by atoms with van der Waals surface area (Å²) < 4.78 is 4.53. The van der Waals surface area contributed by atoms with Crippen molar-refractivity contribution >= 4 is 44.5 Å². The average molecular weight is 509 g/mol. The van der Waals surface area contributed by atoms with Crippen LogP contribution in [0.4, 0.5) is 5.95 Å². The van der Waals surface area contributed by atoms with Gasteiger partial charge in [0.1, 0.15) is 0 Å². The number of aromatic nitrogens is 4. The Morgan fingerprint density at radius 1 is 1.03 bits per heavy atom. The van der Waals surface area contributed by atoms with Crippen LogP contribution in [-0.2, 0) is 17.8 Å². The van der Waals surface area contributed by atoms with Crippen LogP contribution in [0.15, 0.2) is 51.7 Å². The van der Waals surface area contributed by atoms with E-state index in [1.807, 2.05) is 46.9 Å². The van der Waals surface area contributed by atoms with Crippen molar-refractivity contribution in [3.8, 4) is 0 Å². The lowest BCUT2D eigenvalue weighted by molar-refractivity contribution is -0.127. The summed E-state index contributed by atoms with van der Waals surface area (Å²) in [5, 5.41) is 9.54. The van der Waals surface area contributed by atoms with E-state index < -0.39 is 0 Å². The molecule has 1 aliphatic rings. The summed E-state index contributed by atoms with van der Waals surface area (Å²) in [5.74, 6) is 1.36. The number of halogens is 1. The van der Waals surface area contributed by atoms with Gasteiger partial charge in [0.25, 0.3) is 5.56 Å². The Morgan fingerprint density at radius 3 is 2.42 bits per heavy atom. The van der Waals surface area contributed by atoms with Gasteiger partial charge in [-0.25, -0.2) is 4.40 Å². The molecule has 0 aliphatic carbocycles. The Hall–Kier alpha value is -3.20. The van der Waals surface area contributed by atoms with E-state index in [2.05, 4.69) is 31.0 Å². The van der Waals surface area contributed by atoms with Gasteiger partial charge >= 0.3 is 0 Å². The number of fused-ring (bicyclic) bond motifs is 3. The second-order valence-electron chi connectivity index (χ2n) is 8.66. The number of likely N-dealkylation sites (N-methyl/N-ethyl adjacent to an activating group) is 1. The van der Waals surface area contributed by atoms with Crippen molar-refractivity contribution in [2.24, 2.45) is 0 Å². The molecular weight excluding hydrogens is 484 g/mol. The lowest BCUT2D eigenvalue weighted by Gasteiger charge is -2.17. The molecule has 1 amide bonds. The Labute approximate surface area is 199 Å². The van der Waals surface area contributed by atoms with Crippen molar-refractivity contribution in [2.45, 2.75) is 25.8 Å². The summed E-state index contributed by atoms with van der Waals surface area (Å²) in [6.45, 7) is 2.24. The zero-order valence-electron chi connectivity index (χ0n) is 18.7. The number of anilines is 1. The van der Waals surface area contributed by atoms with E-state index in [-0.39, 0.29) is 11.5 Å². The minimum atomic E-state index is -0.106. The zero-order valence-corrected chi connectivity index (χ0v) is 20.2. The molecule has 2 aromatic carbocycles. The number of nitrogens with zero attached hydrogens (tertiary/aromatic N) is 6. The highest BCUT2D eigenvalue weighted by Gasteiger charge is 2.22. The molecule has 0 spiro atoms. The van der Waals surface area contributed by atoms with Crippen LogP contribution in [0.1, 0.15) is 24.0 Å². The quantitative estimate of drug-likeness (QED) is 0.414. The fourth-order valence-electron chi connectivity index (χ4n) is 4.31. The summed E-state index contributed by atoms with van der Waals surface area (Å²) in [6, 6.07) is 13.5. The molecule has 0 radical (unpaired) electrons. The van der Waals surface area contributed by atoms with E-state index in [4.69, 9.17) is 0 Å². The largest absolute Gasteiger partial charge is 0.349 e. The van der Waals surface area contributed by atoms with Crippen LogP contribution in [0.2, 0.25) is 0 Å². The van der Waals surface area contributed by atoms with Crippen LogP contribution >= 0.6 is 15.9 Å². The van der Waals surface area contributed by atoms with E-state index in [9.17, 15) is 9.59 Å². The third-order valence-corrected chi connectivity index (χ3v) is 6.65. The molecule has 0 bridgehead atoms. The number of benzene rings is 2. The molecule has 1 saturated heterocycles. The molecule has 3 heterocycles. The predicted molar refractivity (Wildman–Crippen MR) is 132 cm³/mol. The van der Waals surface area contributed by atoms with Gasteiger partial charge in [-0.3, -0.25) is 14.2 Å². The molecule has 8 nitrogen and oxygen atoms in total. The monoisotopic (exact) mass is 508 g/mol. The predicted octanol–water partition coefficient (Wildman–Crippen LogP) is 3.09. The summed E-state index contributed by atoms with van der Waals surface area (Å²) in [7, 11) is 3.50. The van der Waals surface area contributed by atoms with Crippen LogP contribution in [0.5, 0.6) is 0 Å². The number of carbonyl (C=O) groups excluding carboxylic acids is 1. The number of hydrogen-bond acceptors (Lipinski definition) is 5. The lowest BCUT2D eigenvalue weighted by Crippen LogP contribution is -2.26. The number of amides is 1. The first-order valence-corrected chi connectivity index (χ1v) is 11.8. The first-order valence-electron chi connectivity index (χ1n) is 11.0. The molecule has 0 N–H and O–H groups in total. The van der Waals surface area contributed by atoms with Gasteiger partial charge in [-0.05, 0) is 42.2 Å². The Balaban J connectivity index is 1.59. The highest BCUT2D eigenvalue weighted by molar-refractivity contribution is 9.10. The van der Waals surface area contributed by atoms with Gasteiger partial charge in [0.05, 0.1) is 23.9 Å². The molecule has 1 aliphatic heterocycles. The zero-order chi connectivity index (χ0) is 23.1. The molecule has 1 fully saturated rings. The van der Waals surface area contributed by atoms with Crippen molar-refractivity contribution in [2.75, 3.05) is 32.1 Å². The SMILES string of the molecule is CN(C)C(=O)Cc1ccc(Cn2c(=O)c3cc(Br)ccc3n3c(N4CCCC4)nnc23)cc1. The van der Waals surface area contributed by atoms with Crippen molar-refractivity contribution in [1.82, 2.24) is 24.1 Å². The molecular formula is C24H25BrN6O2. The Kier molecular flexibility index (Phi) is 5.65. The lowest BCUT2D eigenvalue weighted by atomic mass is 10.1. The standard InChI is InChI=1S/C24H25BrN6O2/c1-28(2)21(32)13-16-5-7-17(8-6-16)15-30-22(33)19-14-18(25)9-10-20(19)31-23(26-27-24(30)31)29-11-3-4-12-29/h5-10,14H,3-4,11-13,15H2,1-2H3. The molecule has 33 heavy (non-hydrogen) atoms. The molecule has 9 heteroatoms. The van der Waals surface area contributed by atoms with Crippen LogP contribution in [0.3, 0.4) is 0 Å². The molecule has 2 aromatic heterocycles. The third kappa shape index (κ3) is 4.01. The molecule has 5 rings (SSSR count). The van der Waals surface area contributed by atoms with Crippen LogP contribution in [0, 0.1) is 0 Å². The fourth-order valence-corrected chi connectivity index (χ4v) is 4.67. The Bertz CT molecular complexity index is 1400. The van der Waals surface area contributed by atoms with Gasteiger partial charge in [-0.2, -0.15) is 0 Å². The Morgan fingerprint density at radius 2 is 1.73 bits per heavy atom. The first kappa shape index (κ1) is 21.6. The van der Waals surface area contributed by atoms with E-state index in [0.717, 1.165) is 53.0 Å². The molecule has 4 aromatic rings. The minimum Gasteiger partial charge on any atom is -0.349 e. The second kappa shape index (κ2) is 8.62. The van der Waals surface area contributed by atoms with Crippen molar-refractivity contribution in [3.63, 3.8) is 0 Å². The topological polar surface area (TPSA) is 75.7 Å². The highest BCUT2D eigenvalue weighted by atomic mass is 79.9. The van der Waals surface area contributed by atoms with Gasteiger partial charge in [-0.15, -0.1) is 10.2 Å². The third-order valence-electron chi connectivity index (χ3n) is 6.15. The maximum Gasteiger partial charge on any atom is 0.263 e. The average Bonchev–Trinajstić information content (AvgIpc) is 3.47. The van der Waals surface area contributed by atoms with Crippen molar-refractivity contribution in [1.29, 1.82) is 0 Å². The van der Waals surface area contributed by atoms with Gasteiger partial charge < -0.3 is 9.80 Å².